The summed E-state index contributed by atoms with van der Waals surface area (Å²) >= 11 is 7.25. The number of benzene rings is 3. The van der Waals surface area contributed by atoms with Gasteiger partial charge in [0, 0.05) is 17.1 Å². The van der Waals surface area contributed by atoms with Crippen LogP contribution < -0.4 is 5.32 Å². The minimum Gasteiger partial charge on any atom is -0.465 e. The van der Waals surface area contributed by atoms with Crippen molar-refractivity contribution < 1.29 is 23.5 Å². The van der Waals surface area contributed by atoms with Gasteiger partial charge in [-0.2, -0.15) is 0 Å². The van der Waals surface area contributed by atoms with Crippen molar-refractivity contribution in [3.8, 4) is 0 Å². The van der Waals surface area contributed by atoms with Crippen LogP contribution in [0.25, 0.3) is 0 Å². The van der Waals surface area contributed by atoms with Gasteiger partial charge in [0.15, 0.2) is 5.17 Å². The summed E-state index contributed by atoms with van der Waals surface area (Å²) in [6.07, 6.45) is -0.0491. The number of amidine groups is 1. The minimum atomic E-state index is -0.736. The number of carbonyl (C=O) groups is 3. The average Bonchev–Trinajstić information content (AvgIpc) is 2.87. The number of hydrogen-bond donors (Lipinski definition) is 1. The van der Waals surface area contributed by atoms with Gasteiger partial charge in [0.25, 0.3) is 0 Å². The minimum absolute atomic E-state index is 0.0491. The summed E-state index contributed by atoms with van der Waals surface area (Å²) in [5, 5.41) is 2.86. The molecular weight excluding hydrogens is 505 g/mol. The molecule has 0 radical (unpaired) electrons. The van der Waals surface area contributed by atoms with Crippen LogP contribution in [-0.4, -0.2) is 40.2 Å². The van der Waals surface area contributed by atoms with Gasteiger partial charge in [0.05, 0.1) is 24.9 Å². The predicted molar refractivity (Wildman–Crippen MR) is 138 cm³/mol. The number of anilines is 1. The maximum atomic E-state index is 13.4. The Morgan fingerprint density at radius 2 is 1.86 bits per heavy atom. The van der Waals surface area contributed by atoms with Crippen molar-refractivity contribution in [2.75, 3.05) is 12.4 Å². The fraction of sp³-hybridized carbons (Fsp3) is 0.154. The smallest absolute Gasteiger partial charge is 0.337 e. The van der Waals surface area contributed by atoms with E-state index in [2.05, 4.69) is 15.0 Å². The second-order valence-electron chi connectivity index (χ2n) is 7.85. The van der Waals surface area contributed by atoms with Gasteiger partial charge >= 0.3 is 5.97 Å². The van der Waals surface area contributed by atoms with Gasteiger partial charge in [-0.1, -0.05) is 41.6 Å². The summed E-state index contributed by atoms with van der Waals surface area (Å²) in [7, 11) is 1.29. The summed E-state index contributed by atoms with van der Waals surface area (Å²) < 4.78 is 18.0. The Balaban J connectivity index is 1.56. The lowest BCUT2D eigenvalue weighted by Crippen LogP contribution is -2.44. The Morgan fingerprint density at radius 3 is 2.53 bits per heavy atom. The number of nitrogens with zero attached hydrogens (tertiary/aromatic N) is 2. The standard InChI is InChI=1S/C26H21ClFN3O4S/c1-35-25(34)17-7-11-20(12-8-17)29-24(33)22-14-23(32)31(15-16-5-9-19(28)10-6-16)26(36-22)30-21-4-2-3-18(27)13-21/h2-13,22H,14-15H2,1H3,(H,29,33). The first-order chi connectivity index (χ1) is 17.3. The van der Waals surface area contributed by atoms with Gasteiger partial charge < -0.3 is 10.1 Å². The molecule has 1 fully saturated rings. The van der Waals surface area contributed by atoms with Crippen LogP contribution in [0.5, 0.6) is 0 Å². The van der Waals surface area contributed by atoms with E-state index in [9.17, 15) is 18.8 Å². The molecule has 1 N–H and O–H groups in total. The number of aliphatic imine (C=N–C) groups is 1. The first-order valence-electron chi connectivity index (χ1n) is 10.9. The molecule has 1 heterocycles. The van der Waals surface area contributed by atoms with Crippen molar-refractivity contribution in [1.29, 1.82) is 0 Å². The number of hydrogen-bond acceptors (Lipinski definition) is 6. The molecule has 1 saturated heterocycles. The van der Waals surface area contributed by atoms with Crippen LogP contribution in [0.4, 0.5) is 15.8 Å². The van der Waals surface area contributed by atoms with E-state index in [1.165, 1.54) is 36.3 Å². The molecule has 2 amide bonds. The molecule has 1 aliphatic rings. The van der Waals surface area contributed by atoms with Crippen molar-refractivity contribution in [3.63, 3.8) is 0 Å². The Kier molecular flexibility index (Phi) is 8.02. The van der Waals surface area contributed by atoms with Crippen LogP contribution in [0.3, 0.4) is 0 Å². The summed E-state index contributed by atoms with van der Waals surface area (Å²) in [6, 6.07) is 18.9. The molecule has 0 saturated carbocycles. The lowest BCUT2D eigenvalue weighted by Gasteiger charge is -2.32. The molecular formula is C26H21ClFN3O4S. The maximum Gasteiger partial charge on any atom is 0.337 e. The molecule has 0 bridgehead atoms. The predicted octanol–water partition coefficient (Wildman–Crippen LogP) is 5.43. The van der Waals surface area contributed by atoms with E-state index >= 15 is 0 Å². The van der Waals surface area contributed by atoms with Crippen LogP contribution in [-0.2, 0) is 20.9 Å². The number of rotatable bonds is 6. The van der Waals surface area contributed by atoms with Crippen LogP contribution in [0.15, 0.2) is 77.8 Å². The molecule has 0 aliphatic carbocycles. The highest BCUT2D eigenvalue weighted by Crippen LogP contribution is 2.31. The van der Waals surface area contributed by atoms with Crippen LogP contribution in [0.1, 0.15) is 22.3 Å². The maximum absolute atomic E-state index is 13.4. The van der Waals surface area contributed by atoms with E-state index in [1.807, 2.05) is 0 Å². The molecule has 4 rings (SSSR count). The van der Waals surface area contributed by atoms with Gasteiger partial charge in [0.2, 0.25) is 11.8 Å². The van der Waals surface area contributed by atoms with Gasteiger partial charge in [-0.05, 0) is 60.2 Å². The number of nitrogens with one attached hydrogen (secondary N) is 1. The molecule has 0 spiro atoms. The van der Waals surface area contributed by atoms with E-state index in [0.717, 1.165) is 17.3 Å². The first kappa shape index (κ1) is 25.4. The van der Waals surface area contributed by atoms with Crippen molar-refractivity contribution >= 4 is 57.7 Å². The van der Waals surface area contributed by atoms with Gasteiger partial charge in [-0.25, -0.2) is 14.2 Å². The van der Waals surface area contributed by atoms with Crippen molar-refractivity contribution in [2.45, 2.75) is 18.2 Å². The number of esters is 1. The molecule has 3 aromatic rings. The normalized spacial score (nSPS) is 16.6. The summed E-state index contributed by atoms with van der Waals surface area (Å²) in [6.45, 7) is 0.175. The lowest BCUT2D eigenvalue weighted by molar-refractivity contribution is -0.129. The molecule has 1 unspecified atom stereocenters. The quantitative estimate of drug-likeness (QED) is 0.434. The van der Waals surface area contributed by atoms with Crippen molar-refractivity contribution in [3.05, 3.63) is 94.8 Å². The third-order valence-electron chi connectivity index (χ3n) is 5.29. The van der Waals surface area contributed by atoms with Gasteiger partial charge in [-0.3, -0.25) is 14.5 Å². The fourth-order valence-corrected chi connectivity index (χ4v) is 4.74. The molecule has 10 heteroatoms. The van der Waals surface area contributed by atoms with Crippen molar-refractivity contribution in [2.24, 2.45) is 4.99 Å². The monoisotopic (exact) mass is 525 g/mol. The highest BCUT2D eigenvalue weighted by atomic mass is 35.5. The molecule has 1 aliphatic heterocycles. The third kappa shape index (κ3) is 6.30. The second kappa shape index (κ2) is 11.4. The van der Waals surface area contributed by atoms with Crippen LogP contribution in [0.2, 0.25) is 5.02 Å². The average molecular weight is 526 g/mol. The molecule has 36 heavy (non-hydrogen) atoms. The largest absolute Gasteiger partial charge is 0.465 e. The molecule has 7 nitrogen and oxygen atoms in total. The molecule has 3 aromatic carbocycles. The summed E-state index contributed by atoms with van der Waals surface area (Å²) in [4.78, 5) is 43.9. The highest BCUT2D eigenvalue weighted by molar-refractivity contribution is 8.15. The Bertz CT molecular complexity index is 1320. The number of amides is 2. The topological polar surface area (TPSA) is 88.1 Å². The van der Waals surface area contributed by atoms with Crippen LogP contribution >= 0.6 is 23.4 Å². The van der Waals surface area contributed by atoms with E-state index in [4.69, 9.17) is 11.6 Å². The van der Waals surface area contributed by atoms with Gasteiger partial charge in [-0.15, -0.1) is 0 Å². The zero-order valence-corrected chi connectivity index (χ0v) is 20.7. The first-order valence-corrected chi connectivity index (χ1v) is 12.1. The third-order valence-corrected chi connectivity index (χ3v) is 6.72. The van der Waals surface area contributed by atoms with E-state index in [0.29, 0.717) is 27.1 Å². The van der Waals surface area contributed by atoms with Gasteiger partial charge in [0.1, 0.15) is 11.1 Å². The molecule has 1 atom stereocenters. The summed E-state index contributed by atoms with van der Waals surface area (Å²) in [5.74, 6) is -1.52. The fourth-order valence-electron chi connectivity index (χ4n) is 3.46. The zero-order chi connectivity index (χ0) is 25.7. The lowest BCUT2D eigenvalue weighted by atomic mass is 10.1. The van der Waals surface area contributed by atoms with Crippen LogP contribution in [0, 0.1) is 5.82 Å². The SMILES string of the molecule is COC(=O)c1ccc(NC(=O)C2CC(=O)N(Cc3ccc(F)cc3)C(=Nc3cccc(Cl)c3)S2)cc1. The number of carbonyl (C=O) groups excluding carboxylic acids is 3. The van der Waals surface area contributed by atoms with E-state index in [-0.39, 0.29) is 30.6 Å². The highest BCUT2D eigenvalue weighted by Gasteiger charge is 2.36. The Labute approximate surface area is 216 Å². The number of methoxy groups -OCH3 is 1. The van der Waals surface area contributed by atoms with E-state index < -0.39 is 11.2 Å². The molecule has 184 valence electrons. The number of halogens is 2. The van der Waals surface area contributed by atoms with Crippen molar-refractivity contribution in [1.82, 2.24) is 4.90 Å². The zero-order valence-electron chi connectivity index (χ0n) is 19.1. The number of thioether (sulfide) groups is 1. The summed E-state index contributed by atoms with van der Waals surface area (Å²) in [5.41, 5.74) is 2.08. The van der Waals surface area contributed by atoms with E-state index in [1.54, 1.807) is 48.5 Å². The Hall–Kier alpha value is -3.69. The number of ether oxygens (including phenoxy) is 1. The second-order valence-corrected chi connectivity index (χ2v) is 9.46. The Morgan fingerprint density at radius 1 is 1.14 bits per heavy atom. The molecule has 0 aromatic heterocycles.